The predicted octanol–water partition coefficient (Wildman–Crippen LogP) is 0.422. The quantitative estimate of drug-likeness (QED) is 0.752. The van der Waals surface area contributed by atoms with E-state index in [0.717, 1.165) is 6.26 Å². The molecule has 0 radical (unpaired) electrons. The van der Waals surface area contributed by atoms with Crippen LogP contribution >= 0.6 is 0 Å². The van der Waals surface area contributed by atoms with Crippen LogP contribution in [0.2, 0.25) is 0 Å². The molecule has 6 heteroatoms. The minimum atomic E-state index is -3.29. The van der Waals surface area contributed by atoms with E-state index in [1.165, 1.54) is 18.2 Å². The van der Waals surface area contributed by atoms with Crippen LogP contribution in [0.5, 0.6) is 0 Å². The van der Waals surface area contributed by atoms with Gasteiger partial charge in [0.15, 0.2) is 9.84 Å². The third kappa shape index (κ3) is 2.73. The number of nitrogens with two attached hydrogens (primary N) is 1. The molecule has 1 aromatic carbocycles. The molecule has 0 aliphatic carbocycles. The molecule has 1 amide bonds. The van der Waals surface area contributed by atoms with Crippen molar-refractivity contribution in [2.24, 2.45) is 0 Å². The monoisotopic (exact) mass is 242 g/mol. The van der Waals surface area contributed by atoms with E-state index in [2.05, 4.69) is 5.32 Å². The van der Waals surface area contributed by atoms with E-state index < -0.39 is 9.84 Å². The summed E-state index contributed by atoms with van der Waals surface area (Å²) in [4.78, 5) is 11.6. The van der Waals surface area contributed by atoms with Gasteiger partial charge in [-0.1, -0.05) is 0 Å². The highest BCUT2D eigenvalue weighted by molar-refractivity contribution is 7.90. The van der Waals surface area contributed by atoms with E-state index >= 15 is 0 Å². The second-order valence-electron chi connectivity index (χ2n) is 3.38. The van der Waals surface area contributed by atoms with Gasteiger partial charge in [0.05, 0.1) is 10.5 Å². The summed E-state index contributed by atoms with van der Waals surface area (Å²) in [5.41, 5.74) is 6.07. The molecule has 1 aromatic rings. The Morgan fingerprint density at radius 1 is 1.44 bits per heavy atom. The lowest BCUT2D eigenvalue weighted by Crippen LogP contribution is -2.23. The third-order valence-corrected chi connectivity index (χ3v) is 3.14. The summed E-state index contributed by atoms with van der Waals surface area (Å²) in [7, 11) is -3.29. The molecule has 1 rings (SSSR count). The number of hydrogen-bond acceptors (Lipinski definition) is 4. The smallest absolute Gasteiger partial charge is 0.253 e. The van der Waals surface area contributed by atoms with Gasteiger partial charge >= 0.3 is 0 Å². The van der Waals surface area contributed by atoms with E-state index in [0.29, 0.717) is 6.54 Å². The minimum Gasteiger partial charge on any atom is -0.398 e. The summed E-state index contributed by atoms with van der Waals surface area (Å²) < 4.78 is 22.5. The highest BCUT2D eigenvalue weighted by Crippen LogP contribution is 2.17. The lowest BCUT2D eigenvalue weighted by atomic mass is 10.1. The predicted molar refractivity (Wildman–Crippen MR) is 62.0 cm³/mol. The van der Waals surface area contributed by atoms with E-state index in [1.54, 1.807) is 6.92 Å². The molecule has 16 heavy (non-hydrogen) atoms. The highest BCUT2D eigenvalue weighted by atomic mass is 32.2. The molecule has 0 unspecified atom stereocenters. The van der Waals surface area contributed by atoms with Gasteiger partial charge in [0, 0.05) is 18.5 Å². The highest BCUT2D eigenvalue weighted by Gasteiger charge is 2.13. The number of hydrogen-bond donors (Lipinski definition) is 2. The minimum absolute atomic E-state index is 0.109. The fourth-order valence-corrected chi connectivity index (χ4v) is 1.89. The van der Waals surface area contributed by atoms with Gasteiger partial charge in [0.25, 0.3) is 5.91 Å². The Morgan fingerprint density at radius 3 is 2.50 bits per heavy atom. The number of anilines is 1. The first-order valence-corrected chi connectivity index (χ1v) is 6.63. The van der Waals surface area contributed by atoms with Crippen LogP contribution < -0.4 is 11.1 Å². The largest absolute Gasteiger partial charge is 0.398 e. The van der Waals surface area contributed by atoms with Gasteiger partial charge in [0.1, 0.15) is 0 Å². The fraction of sp³-hybridized carbons (Fsp3) is 0.300. The molecular formula is C10H14N2O3S. The summed E-state index contributed by atoms with van der Waals surface area (Å²) in [6, 6.07) is 4.08. The summed E-state index contributed by atoms with van der Waals surface area (Å²) in [5.74, 6) is -0.306. The summed E-state index contributed by atoms with van der Waals surface area (Å²) in [6.45, 7) is 2.28. The molecule has 5 nitrogen and oxygen atoms in total. The summed E-state index contributed by atoms with van der Waals surface area (Å²) in [5, 5.41) is 2.59. The maximum Gasteiger partial charge on any atom is 0.253 e. The average molecular weight is 242 g/mol. The molecule has 88 valence electrons. The van der Waals surface area contributed by atoms with Crippen molar-refractivity contribution in [2.75, 3.05) is 18.5 Å². The second kappa shape index (κ2) is 4.52. The summed E-state index contributed by atoms with van der Waals surface area (Å²) in [6.07, 6.45) is 1.09. The molecule has 0 spiro atoms. The lowest BCUT2D eigenvalue weighted by Gasteiger charge is -2.07. The van der Waals surface area contributed by atoms with Crippen molar-refractivity contribution in [2.45, 2.75) is 11.8 Å². The number of nitrogens with one attached hydrogen (secondary N) is 1. The fourth-order valence-electron chi connectivity index (χ4n) is 1.23. The van der Waals surface area contributed by atoms with Crippen LogP contribution in [0.3, 0.4) is 0 Å². The first-order valence-electron chi connectivity index (χ1n) is 4.74. The van der Waals surface area contributed by atoms with Gasteiger partial charge in [-0.15, -0.1) is 0 Å². The Morgan fingerprint density at radius 2 is 2.06 bits per heavy atom. The molecule has 0 bridgehead atoms. The molecule has 0 saturated heterocycles. The van der Waals surface area contributed by atoms with Gasteiger partial charge in [-0.3, -0.25) is 4.79 Å². The molecule has 3 N–H and O–H groups in total. The Bertz CT molecular complexity index is 509. The van der Waals surface area contributed by atoms with E-state index in [1.807, 2.05) is 0 Å². The molecule has 0 fully saturated rings. The van der Waals surface area contributed by atoms with E-state index in [4.69, 9.17) is 5.73 Å². The lowest BCUT2D eigenvalue weighted by molar-refractivity contribution is 0.0956. The van der Waals surface area contributed by atoms with Crippen LogP contribution in [0, 0.1) is 0 Å². The van der Waals surface area contributed by atoms with Gasteiger partial charge in [-0.25, -0.2) is 8.42 Å². The molecule has 0 atom stereocenters. The van der Waals surface area contributed by atoms with Crippen LogP contribution in [-0.4, -0.2) is 27.1 Å². The maximum atomic E-state index is 11.5. The summed E-state index contributed by atoms with van der Waals surface area (Å²) >= 11 is 0. The maximum absolute atomic E-state index is 11.5. The van der Waals surface area contributed by atoms with Crippen molar-refractivity contribution < 1.29 is 13.2 Å². The number of carbonyl (C=O) groups is 1. The average Bonchev–Trinajstić information content (AvgIpc) is 2.16. The van der Waals surface area contributed by atoms with Crippen molar-refractivity contribution in [1.82, 2.24) is 5.32 Å². The normalized spacial score (nSPS) is 11.1. The van der Waals surface area contributed by atoms with Crippen LogP contribution in [0.4, 0.5) is 5.69 Å². The van der Waals surface area contributed by atoms with E-state index in [-0.39, 0.29) is 22.1 Å². The molecule has 0 aliphatic rings. The number of rotatable bonds is 3. The van der Waals surface area contributed by atoms with Crippen molar-refractivity contribution in [3.05, 3.63) is 23.8 Å². The first-order chi connectivity index (χ1) is 7.36. The van der Waals surface area contributed by atoms with Crippen molar-refractivity contribution in [3.63, 3.8) is 0 Å². The Hall–Kier alpha value is -1.56. The molecule has 0 aromatic heterocycles. The SMILES string of the molecule is CCNC(=O)c1ccc(S(C)(=O)=O)cc1N. The van der Waals surface area contributed by atoms with Crippen molar-refractivity contribution in [3.8, 4) is 0 Å². The Kier molecular flexibility index (Phi) is 3.54. The Balaban J connectivity index is 3.15. The van der Waals surface area contributed by atoms with Gasteiger partial charge in [0.2, 0.25) is 0 Å². The zero-order valence-electron chi connectivity index (χ0n) is 9.15. The van der Waals surface area contributed by atoms with E-state index in [9.17, 15) is 13.2 Å². The standard InChI is InChI=1S/C10H14N2O3S/c1-3-12-10(13)8-5-4-7(6-9(8)11)16(2,14)15/h4-6H,3,11H2,1-2H3,(H,12,13). The topological polar surface area (TPSA) is 89.3 Å². The third-order valence-electron chi connectivity index (χ3n) is 2.03. The van der Waals surface area contributed by atoms with Crippen LogP contribution in [-0.2, 0) is 9.84 Å². The van der Waals surface area contributed by atoms with Crippen LogP contribution in [0.15, 0.2) is 23.1 Å². The second-order valence-corrected chi connectivity index (χ2v) is 5.40. The van der Waals surface area contributed by atoms with Crippen LogP contribution in [0.1, 0.15) is 17.3 Å². The van der Waals surface area contributed by atoms with Gasteiger partial charge < -0.3 is 11.1 Å². The Labute approximate surface area is 94.6 Å². The molecular weight excluding hydrogens is 228 g/mol. The molecule has 0 heterocycles. The molecule has 0 saturated carbocycles. The zero-order chi connectivity index (χ0) is 12.3. The van der Waals surface area contributed by atoms with Crippen molar-refractivity contribution in [1.29, 1.82) is 0 Å². The molecule has 0 aliphatic heterocycles. The first kappa shape index (κ1) is 12.5. The van der Waals surface area contributed by atoms with Gasteiger partial charge in [-0.2, -0.15) is 0 Å². The van der Waals surface area contributed by atoms with Crippen LogP contribution in [0.25, 0.3) is 0 Å². The van der Waals surface area contributed by atoms with Gasteiger partial charge in [-0.05, 0) is 25.1 Å². The number of amides is 1. The number of nitrogen functional groups attached to an aromatic ring is 1. The number of benzene rings is 1. The zero-order valence-corrected chi connectivity index (χ0v) is 9.97. The van der Waals surface area contributed by atoms with Crippen molar-refractivity contribution >= 4 is 21.4 Å². The number of sulfone groups is 1. The number of carbonyl (C=O) groups excluding carboxylic acids is 1.